The topological polar surface area (TPSA) is 84.8 Å². The van der Waals surface area contributed by atoms with Gasteiger partial charge in [-0.2, -0.15) is 22.0 Å². The number of hydrogen-bond donors (Lipinski definition) is 1. The maximum absolute atomic E-state index is 13.4. The van der Waals surface area contributed by atoms with Crippen LogP contribution in [0.25, 0.3) is 33.8 Å². The Labute approximate surface area is 224 Å². The number of likely N-dealkylation sites (tertiary alicyclic amines) is 1. The Kier molecular flexibility index (Phi) is 6.45. The third-order valence-corrected chi connectivity index (χ3v) is 6.78. The number of benzene rings is 1. The van der Waals surface area contributed by atoms with Gasteiger partial charge in [-0.05, 0) is 24.7 Å². The SMILES string of the molecule is CN1CC(n2cc(C(F)(F)F)nc2-c2ccc(Cc3c[nH]c4cnc(-c5cccnc5OC(F)F)nc34)cc2)C1. The van der Waals surface area contributed by atoms with Gasteiger partial charge in [0.05, 0.1) is 28.8 Å². The van der Waals surface area contributed by atoms with Crippen molar-refractivity contribution in [2.75, 3.05) is 20.1 Å². The van der Waals surface area contributed by atoms with Gasteiger partial charge in [0.15, 0.2) is 11.5 Å². The molecule has 0 atom stereocenters. The Morgan fingerprint density at radius 2 is 1.85 bits per heavy atom. The minimum absolute atomic E-state index is 0.0743. The Morgan fingerprint density at radius 1 is 1.07 bits per heavy atom. The van der Waals surface area contributed by atoms with Gasteiger partial charge in [-0.25, -0.2) is 19.9 Å². The number of imidazole rings is 1. The lowest BCUT2D eigenvalue weighted by Crippen LogP contribution is -2.44. The van der Waals surface area contributed by atoms with Gasteiger partial charge in [0.1, 0.15) is 5.82 Å². The third kappa shape index (κ3) is 4.99. The molecule has 1 N–H and O–H groups in total. The van der Waals surface area contributed by atoms with E-state index < -0.39 is 18.5 Å². The van der Waals surface area contributed by atoms with Crippen LogP contribution >= 0.6 is 0 Å². The van der Waals surface area contributed by atoms with E-state index in [-0.39, 0.29) is 29.1 Å². The van der Waals surface area contributed by atoms with Gasteiger partial charge in [0.25, 0.3) is 0 Å². The first-order valence-corrected chi connectivity index (χ1v) is 12.3. The van der Waals surface area contributed by atoms with Crippen molar-refractivity contribution in [3.8, 4) is 28.7 Å². The summed E-state index contributed by atoms with van der Waals surface area (Å²) in [5, 5.41) is 0. The molecule has 5 aromatic rings. The Hall–Kier alpha value is -4.39. The molecule has 1 aliphatic rings. The molecule has 8 nitrogen and oxygen atoms in total. The maximum Gasteiger partial charge on any atom is 0.434 e. The minimum atomic E-state index is -4.53. The summed E-state index contributed by atoms with van der Waals surface area (Å²) in [5.74, 6) is 0.186. The second kappa shape index (κ2) is 9.97. The summed E-state index contributed by atoms with van der Waals surface area (Å²) in [6.45, 7) is -1.74. The molecule has 1 aliphatic heterocycles. The molecule has 1 saturated heterocycles. The summed E-state index contributed by atoms with van der Waals surface area (Å²) in [4.78, 5) is 21.8. The van der Waals surface area contributed by atoms with Crippen molar-refractivity contribution in [1.82, 2.24) is 34.4 Å². The average Bonchev–Trinajstić information content (AvgIpc) is 3.52. The molecular formula is C27H22F5N7O. The number of pyridine rings is 1. The monoisotopic (exact) mass is 555 g/mol. The number of halogens is 5. The number of nitrogens with zero attached hydrogens (tertiary/aromatic N) is 6. The highest BCUT2D eigenvalue weighted by Crippen LogP contribution is 2.35. The predicted molar refractivity (Wildman–Crippen MR) is 136 cm³/mol. The summed E-state index contributed by atoms with van der Waals surface area (Å²) < 4.78 is 72.1. The predicted octanol–water partition coefficient (Wildman–Crippen LogP) is 5.58. The van der Waals surface area contributed by atoms with Gasteiger partial charge in [-0.1, -0.05) is 24.3 Å². The van der Waals surface area contributed by atoms with Crippen LogP contribution in [0.5, 0.6) is 5.88 Å². The van der Waals surface area contributed by atoms with Gasteiger partial charge >= 0.3 is 12.8 Å². The molecule has 0 amide bonds. The molecule has 206 valence electrons. The summed E-state index contributed by atoms with van der Waals surface area (Å²) in [6, 6.07) is 10.2. The molecule has 40 heavy (non-hydrogen) atoms. The number of hydrogen-bond acceptors (Lipinski definition) is 6. The highest BCUT2D eigenvalue weighted by molar-refractivity contribution is 5.81. The number of fused-ring (bicyclic) bond motifs is 1. The normalized spacial score (nSPS) is 14.7. The van der Waals surface area contributed by atoms with Crippen molar-refractivity contribution in [1.29, 1.82) is 0 Å². The molecule has 1 fully saturated rings. The van der Waals surface area contributed by atoms with Crippen LogP contribution in [0.4, 0.5) is 22.0 Å². The van der Waals surface area contributed by atoms with Crippen LogP contribution in [0.3, 0.4) is 0 Å². The van der Waals surface area contributed by atoms with Crippen molar-refractivity contribution in [3.05, 3.63) is 78.0 Å². The fourth-order valence-electron chi connectivity index (χ4n) is 4.82. The van der Waals surface area contributed by atoms with E-state index in [4.69, 9.17) is 0 Å². The molecule has 0 unspecified atom stereocenters. The number of aromatic amines is 1. The quantitative estimate of drug-likeness (QED) is 0.264. The zero-order chi connectivity index (χ0) is 28.0. The van der Waals surface area contributed by atoms with Crippen LogP contribution in [0.1, 0.15) is 22.9 Å². The largest absolute Gasteiger partial charge is 0.434 e. The Morgan fingerprint density at radius 3 is 2.55 bits per heavy atom. The van der Waals surface area contributed by atoms with E-state index in [0.29, 0.717) is 36.1 Å². The summed E-state index contributed by atoms with van der Waals surface area (Å²) in [5.41, 5.74) is 2.87. The number of aromatic nitrogens is 6. The van der Waals surface area contributed by atoms with Crippen molar-refractivity contribution in [3.63, 3.8) is 0 Å². The van der Waals surface area contributed by atoms with Crippen LogP contribution < -0.4 is 4.74 Å². The molecule has 5 heterocycles. The number of H-pyrrole nitrogens is 1. The number of rotatable bonds is 7. The zero-order valence-electron chi connectivity index (χ0n) is 21.0. The summed E-state index contributed by atoms with van der Waals surface area (Å²) >= 11 is 0. The van der Waals surface area contributed by atoms with Gasteiger partial charge in [-0.3, -0.25) is 0 Å². The highest BCUT2D eigenvalue weighted by atomic mass is 19.4. The average molecular weight is 556 g/mol. The summed E-state index contributed by atoms with van der Waals surface area (Å²) in [7, 11) is 1.91. The van der Waals surface area contributed by atoms with Gasteiger partial charge in [0, 0.05) is 49.2 Å². The lowest BCUT2D eigenvalue weighted by Gasteiger charge is -2.37. The Bertz CT molecular complexity index is 1660. The molecule has 0 spiro atoms. The van der Waals surface area contributed by atoms with Crippen LogP contribution in [0.2, 0.25) is 0 Å². The van der Waals surface area contributed by atoms with E-state index in [0.717, 1.165) is 17.3 Å². The van der Waals surface area contributed by atoms with Crippen LogP contribution in [0.15, 0.2) is 61.2 Å². The minimum Gasteiger partial charge on any atom is -0.416 e. The lowest BCUT2D eigenvalue weighted by atomic mass is 10.0. The molecule has 13 heteroatoms. The van der Waals surface area contributed by atoms with E-state index in [1.54, 1.807) is 41.2 Å². The van der Waals surface area contributed by atoms with Crippen LogP contribution in [0, 0.1) is 0 Å². The standard InChI is InChI=1S/C27H22F5N7O/c1-38-12-18(13-38)39-14-21(27(30,31)32)36-24(39)16-6-4-15(5-7-16)9-17-10-34-20-11-35-23(37-22(17)20)19-3-2-8-33-25(19)40-26(28)29/h2-8,10-11,14,18,26,34H,9,12-13H2,1H3. The number of nitrogens with one attached hydrogen (secondary N) is 1. The zero-order valence-corrected chi connectivity index (χ0v) is 21.0. The van der Waals surface area contributed by atoms with E-state index >= 15 is 0 Å². The van der Waals surface area contributed by atoms with Gasteiger partial charge in [0.2, 0.25) is 5.88 Å². The fraction of sp³-hybridized carbons (Fsp3) is 0.259. The van der Waals surface area contributed by atoms with Crippen LogP contribution in [-0.4, -0.2) is 61.1 Å². The van der Waals surface area contributed by atoms with E-state index in [9.17, 15) is 22.0 Å². The fourth-order valence-corrected chi connectivity index (χ4v) is 4.82. The molecule has 4 aromatic heterocycles. The van der Waals surface area contributed by atoms with Crippen molar-refractivity contribution >= 4 is 11.0 Å². The molecule has 6 rings (SSSR count). The molecule has 0 saturated carbocycles. The number of ether oxygens (including phenoxy) is 1. The first-order valence-electron chi connectivity index (χ1n) is 12.3. The van der Waals surface area contributed by atoms with Crippen molar-refractivity contribution < 1.29 is 26.7 Å². The number of likely N-dealkylation sites (N-methyl/N-ethyl adjacent to an activating group) is 1. The highest BCUT2D eigenvalue weighted by Gasteiger charge is 2.37. The van der Waals surface area contributed by atoms with Crippen molar-refractivity contribution in [2.24, 2.45) is 0 Å². The first-order chi connectivity index (χ1) is 19.2. The summed E-state index contributed by atoms with van der Waals surface area (Å²) in [6.07, 6.45) is 1.69. The molecule has 0 bridgehead atoms. The van der Waals surface area contributed by atoms with E-state index in [2.05, 4.69) is 29.7 Å². The van der Waals surface area contributed by atoms with Crippen LogP contribution in [-0.2, 0) is 12.6 Å². The molecule has 0 aliphatic carbocycles. The molecule has 1 aromatic carbocycles. The van der Waals surface area contributed by atoms with Gasteiger partial charge < -0.3 is 19.2 Å². The first kappa shape index (κ1) is 25.9. The number of alkyl halides is 5. The molecule has 0 radical (unpaired) electrons. The maximum atomic E-state index is 13.4. The van der Waals surface area contributed by atoms with E-state index in [1.165, 1.54) is 6.20 Å². The second-order valence-electron chi connectivity index (χ2n) is 9.61. The third-order valence-electron chi connectivity index (χ3n) is 6.78. The van der Waals surface area contributed by atoms with E-state index in [1.807, 2.05) is 24.1 Å². The smallest absolute Gasteiger partial charge is 0.416 e. The molecular weight excluding hydrogens is 533 g/mol. The lowest BCUT2D eigenvalue weighted by molar-refractivity contribution is -0.141. The second-order valence-corrected chi connectivity index (χ2v) is 9.61. The van der Waals surface area contributed by atoms with Crippen molar-refractivity contribution in [2.45, 2.75) is 25.3 Å². The Balaban J connectivity index is 1.28. The van der Waals surface area contributed by atoms with Gasteiger partial charge in [-0.15, -0.1) is 0 Å².